The molecule has 0 saturated carbocycles. The molecule has 0 unspecified atom stereocenters. The van der Waals surface area contributed by atoms with Crippen molar-refractivity contribution >= 4 is 11.4 Å². The number of benzene rings is 6. The molecule has 12 rings (SSSR count). The van der Waals surface area contributed by atoms with Gasteiger partial charge in [0.15, 0.2) is 0 Å². The standard InChI is InChI=1S/2C33H24N4.Zn/c2*34-29-15-13-23(14-16-29)24-7-5-8-25(19-24)26-9-6-10-27(20-26)28-21-32(30-11-1-3-17-35-30)37-33(22-28)31-12-2-4-18-36-31;/h2*1-22H,34H2;. The van der Waals surface area contributed by atoms with Gasteiger partial charge in [0.1, 0.15) is 0 Å². The van der Waals surface area contributed by atoms with Crippen LogP contribution in [0.4, 0.5) is 11.4 Å². The van der Waals surface area contributed by atoms with Gasteiger partial charge in [-0.05, 0) is 188 Å². The van der Waals surface area contributed by atoms with Crippen LogP contribution in [0, 0.1) is 0 Å². The zero-order valence-electron chi connectivity index (χ0n) is 40.9. The normalized spacial score (nSPS) is 10.7. The summed E-state index contributed by atoms with van der Waals surface area (Å²) in [5.74, 6) is 0. The summed E-state index contributed by atoms with van der Waals surface area (Å²) in [7, 11) is 0. The average Bonchev–Trinajstić information content (AvgIpc) is 3.48. The van der Waals surface area contributed by atoms with Gasteiger partial charge >= 0.3 is 0 Å². The average molecular weight is 1020 g/mol. The van der Waals surface area contributed by atoms with Crippen molar-refractivity contribution in [3.63, 3.8) is 0 Å². The van der Waals surface area contributed by atoms with E-state index in [9.17, 15) is 0 Å². The molecule has 0 bridgehead atoms. The Morgan fingerprint density at radius 1 is 0.200 bits per heavy atom. The molecule has 0 aliphatic heterocycles. The van der Waals surface area contributed by atoms with Crippen molar-refractivity contribution in [2.45, 2.75) is 0 Å². The summed E-state index contributed by atoms with van der Waals surface area (Å²) in [4.78, 5) is 27.9. The van der Waals surface area contributed by atoms with Crippen LogP contribution < -0.4 is 11.5 Å². The van der Waals surface area contributed by atoms with Gasteiger partial charge < -0.3 is 11.5 Å². The summed E-state index contributed by atoms with van der Waals surface area (Å²) < 4.78 is 0. The van der Waals surface area contributed by atoms with Gasteiger partial charge in [-0.3, -0.25) is 19.9 Å². The zero-order chi connectivity index (χ0) is 50.1. The van der Waals surface area contributed by atoms with E-state index in [0.717, 1.165) is 124 Å². The summed E-state index contributed by atoms with van der Waals surface area (Å²) in [6, 6.07) is 82.2. The molecule has 9 heteroatoms. The van der Waals surface area contributed by atoms with Crippen molar-refractivity contribution in [1.82, 2.24) is 29.9 Å². The summed E-state index contributed by atoms with van der Waals surface area (Å²) in [5, 5.41) is 0. The third-order valence-corrected chi connectivity index (χ3v) is 12.6. The third kappa shape index (κ3) is 11.7. The monoisotopic (exact) mass is 1020 g/mol. The molecule has 354 valence electrons. The van der Waals surface area contributed by atoms with E-state index < -0.39 is 0 Å². The first-order valence-electron chi connectivity index (χ1n) is 24.3. The fourth-order valence-electron chi connectivity index (χ4n) is 8.84. The number of hydrogen-bond acceptors (Lipinski definition) is 8. The first-order chi connectivity index (χ1) is 36.5. The minimum atomic E-state index is 0. The molecular weight excluding hydrogens is 970 g/mol. The van der Waals surface area contributed by atoms with E-state index >= 15 is 0 Å². The summed E-state index contributed by atoms with van der Waals surface area (Å²) >= 11 is 0. The van der Waals surface area contributed by atoms with E-state index in [1.807, 2.05) is 97.1 Å². The van der Waals surface area contributed by atoms with Crippen LogP contribution in [0.2, 0.25) is 0 Å². The Hall–Kier alpha value is -9.56. The van der Waals surface area contributed by atoms with Gasteiger partial charge in [-0.1, -0.05) is 121 Å². The van der Waals surface area contributed by atoms with Gasteiger partial charge in [0, 0.05) is 55.6 Å². The van der Waals surface area contributed by atoms with Crippen LogP contribution in [0.25, 0.3) is 112 Å². The Kier molecular flexibility index (Phi) is 15.0. The van der Waals surface area contributed by atoms with Crippen LogP contribution in [0.5, 0.6) is 0 Å². The first-order valence-corrected chi connectivity index (χ1v) is 24.3. The van der Waals surface area contributed by atoms with Crippen LogP contribution in [0.15, 0.2) is 267 Å². The van der Waals surface area contributed by atoms with Gasteiger partial charge in [-0.15, -0.1) is 0 Å². The largest absolute Gasteiger partial charge is 0.399 e. The second-order valence-electron chi connectivity index (χ2n) is 17.7. The minimum Gasteiger partial charge on any atom is -0.399 e. The van der Waals surface area contributed by atoms with E-state index in [4.69, 9.17) is 21.4 Å². The van der Waals surface area contributed by atoms with E-state index in [1.54, 1.807) is 24.8 Å². The maximum Gasteiger partial charge on any atom is 0.0900 e. The molecule has 0 radical (unpaired) electrons. The number of pyridine rings is 6. The van der Waals surface area contributed by atoms with E-state index in [0.29, 0.717) is 0 Å². The number of anilines is 2. The van der Waals surface area contributed by atoms with E-state index in [-0.39, 0.29) is 19.5 Å². The molecule has 0 fully saturated rings. The van der Waals surface area contributed by atoms with Gasteiger partial charge in [0.25, 0.3) is 0 Å². The molecule has 6 heterocycles. The second kappa shape index (κ2) is 22.9. The number of hydrogen-bond donors (Lipinski definition) is 2. The van der Waals surface area contributed by atoms with Gasteiger partial charge in [-0.25, -0.2) is 9.97 Å². The van der Waals surface area contributed by atoms with Gasteiger partial charge in [0.2, 0.25) is 0 Å². The van der Waals surface area contributed by atoms with E-state index in [1.165, 1.54) is 0 Å². The molecule has 0 spiro atoms. The molecule has 0 aliphatic rings. The quantitative estimate of drug-likeness (QED) is 0.102. The molecule has 12 aromatic rings. The van der Waals surface area contributed by atoms with Crippen molar-refractivity contribution in [1.29, 1.82) is 0 Å². The Labute approximate surface area is 449 Å². The number of aromatic nitrogens is 6. The Morgan fingerprint density at radius 2 is 0.440 bits per heavy atom. The van der Waals surface area contributed by atoms with E-state index in [2.05, 4.69) is 166 Å². The van der Waals surface area contributed by atoms with Crippen LogP contribution in [0.3, 0.4) is 0 Å². The van der Waals surface area contributed by atoms with Crippen molar-refractivity contribution in [2.75, 3.05) is 11.5 Å². The Morgan fingerprint density at radius 3 is 0.680 bits per heavy atom. The molecule has 8 nitrogen and oxygen atoms in total. The van der Waals surface area contributed by atoms with Gasteiger partial charge in [-0.2, -0.15) is 0 Å². The molecule has 0 aliphatic carbocycles. The molecule has 0 amide bonds. The third-order valence-electron chi connectivity index (χ3n) is 12.6. The first kappa shape index (κ1) is 49.0. The predicted molar refractivity (Wildman–Crippen MR) is 303 cm³/mol. The second-order valence-corrected chi connectivity index (χ2v) is 17.7. The number of nitrogens with two attached hydrogens (primary N) is 2. The molecular formula is C66H48N8Zn. The van der Waals surface area contributed by atoms with Crippen molar-refractivity contribution < 1.29 is 19.5 Å². The number of nitrogens with zero attached hydrogens (tertiary/aromatic N) is 6. The Bertz CT molecular complexity index is 3470. The van der Waals surface area contributed by atoms with Crippen molar-refractivity contribution in [2.24, 2.45) is 0 Å². The molecule has 0 saturated heterocycles. The van der Waals surface area contributed by atoms with Gasteiger partial charge in [0.05, 0.1) is 45.6 Å². The summed E-state index contributed by atoms with van der Waals surface area (Å²) in [6.07, 6.45) is 7.16. The van der Waals surface area contributed by atoms with Crippen LogP contribution in [-0.4, -0.2) is 29.9 Å². The maximum atomic E-state index is 5.88. The molecule has 0 atom stereocenters. The Balaban J connectivity index is 0.000000169. The smallest absolute Gasteiger partial charge is 0.0900 e. The van der Waals surface area contributed by atoms with Crippen molar-refractivity contribution in [3.8, 4) is 112 Å². The van der Waals surface area contributed by atoms with Crippen LogP contribution in [0.1, 0.15) is 0 Å². The molecule has 4 N–H and O–H groups in total. The minimum absolute atomic E-state index is 0. The topological polar surface area (TPSA) is 129 Å². The summed E-state index contributed by atoms with van der Waals surface area (Å²) in [6.45, 7) is 0. The van der Waals surface area contributed by atoms with Crippen LogP contribution in [-0.2, 0) is 19.5 Å². The fourth-order valence-corrected chi connectivity index (χ4v) is 8.84. The molecule has 75 heavy (non-hydrogen) atoms. The predicted octanol–water partition coefficient (Wildman–Crippen LogP) is 15.6. The molecule has 6 aromatic carbocycles. The molecule has 6 aromatic heterocycles. The number of nitrogen functional groups attached to an aromatic ring is 2. The SMILES string of the molecule is Nc1ccc(-c2cccc(-c3cccc(-c4cc(-c5ccccn5)nc(-c5ccccn5)c4)c3)c2)cc1.Nc1ccc(-c2cccc(-c3cccc(-c4cc(-c5ccccn5)nc(-c5ccccn5)c4)c3)c2)cc1.[Zn]. The summed E-state index contributed by atoms with van der Waals surface area (Å²) in [5.41, 5.74) is 33.4. The zero-order valence-corrected chi connectivity index (χ0v) is 43.9. The van der Waals surface area contributed by atoms with Crippen molar-refractivity contribution in [3.05, 3.63) is 267 Å². The maximum absolute atomic E-state index is 5.88. The number of rotatable bonds is 10. The van der Waals surface area contributed by atoms with Crippen LogP contribution >= 0.6 is 0 Å². The fraction of sp³-hybridized carbons (Fsp3) is 0.